The number of benzene rings is 1. The summed E-state index contributed by atoms with van der Waals surface area (Å²) in [6, 6.07) is 13.7. The minimum atomic E-state index is -0.442. The molecule has 128 valence electrons. The Bertz CT molecular complexity index is 854. The number of carbonyl (C=O) groups is 2. The van der Waals surface area contributed by atoms with E-state index in [2.05, 4.69) is 5.32 Å². The molecule has 25 heavy (non-hydrogen) atoms. The standard InChI is InChI=1S/C19H17NO3S2/c1-23-19(22)17-14(15-8-5-11-24-15)12-25-18(17)20-16(21)10-9-13-6-3-2-4-7-13/h2-8,11-12H,9-10H2,1H3,(H,20,21). The van der Waals surface area contributed by atoms with Gasteiger partial charge in [0.05, 0.1) is 7.11 Å². The maximum atomic E-state index is 12.3. The molecule has 1 amide bonds. The van der Waals surface area contributed by atoms with E-state index in [9.17, 15) is 9.59 Å². The van der Waals surface area contributed by atoms with Crippen LogP contribution in [0.5, 0.6) is 0 Å². The molecule has 0 fully saturated rings. The predicted octanol–water partition coefficient (Wildman–Crippen LogP) is 4.83. The Kier molecular flexibility index (Phi) is 5.63. The summed E-state index contributed by atoms with van der Waals surface area (Å²) in [5.74, 6) is -0.559. The van der Waals surface area contributed by atoms with Gasteiger partial charge in [0.2, 0.25) is 5.91 Å². The Balaban J connectivity index is 1.75. The van der Waals surface area contributed by atoms with Crippen LogP contribution in [0.3, 0.4) is 0 Å². The third kappa shape index (κ3) is 4.15. The highest BCUT2D eigenvalue weighted by Gasteiger charge is 2.22. The SMILES string of the molecule is COC(=O)c1c(-c2cccs2)csc1NC(=O)CCc1ccccc1. The molecule has 3 rings (SSSR count). The molecular weight excluding hydrogens is 354 g/mol. The van der Waals surface area contributed by atoms with Gasteiger partial charge in [0.15, 0.2) is 0 Å². The molecule has 4 nitrogen and oxygen atoms in total. The number of hydrogen-bond donors (Lipinski definition) is 1. The Morgan fingerprint density at radius 3 is 2.56 bits per heavy atom. The van der Waals surface area contributed by atoms with Gasteiger partial charge >= 0.3 is 5.97 Å². The fourth-order valence-electron chi connectivity index (χ4n) is 2.46. The van der Waals surface area contributed by atoms with Crippen LogP contribution in [0.1, 0.15) is 22.3 Å². The largest absolute Gasteiger partial charge is 0.465 e. The third-order valence-electron chi connectivity index (χ3n) is 3.70. The second kappa shape index (κ2) is 8.09. The third-order valence-corrected chi connectivity index (χ3v) is 5.50. The second-order valence-corrected chi connectivity index (χ2v) is 7.18. The first-order valence-corrected chi connectivity index (χ1v) is 9.52. The lowest BCUT2D eigenvalue weighted by atomic mass is 10.1. The highest BCUT2D eigenvalue weighted by Crippen LogP contribution is 2.38. The zero-order valence-corrected chi connectivity index (χ0v) is 15.3. The first-order valence-electron chi connectivity index (χ1n) is 7.76. The lowest BCUT2D eigenvalue weighted by molar-refractivity contribution is -0.116. The van der Waals surface area contributed by atoms with Crippen LogP contribution >= 0.6 is 22.7 Å². The van der Waals surface area contributed by atoms with Crippen molar-refractivity contribution in [3.8, 4) is 10.4 Å². The number of carbonyl (C=O) groups excluding carboxylic acids is 2. The van der Waals surface area contributed by atoms with E-state index < -0.39 is 5.97 Å². The fraction of sp³-hybridized carbons (Fsp3) is 0.158. The Morgan fingerprint density at radius 1 is 1.08 bits per heavy atom. The van der Waals surface area contributed by atoms with Crippen LogP contribution in [-0.4, -0.2) is 19.0 Å². The monoisotopic (exact) mass is 371 g/mol. The fourth-order valence-corrected chi connectivity index (χ4v) is 4.25. The number of amides is 1. The normalized spacial score (nSPS) is 10.4. The number of rotatable bonds is 6. The molecule has 2 heterocycles. The van der Waals surface area contributed by atoms with Crippen molar-refractivity contribution in [1.29, 1.82) is 0 Å². The molecule has 0 atom stereocenters. The lowest BCUT2D eigenvalue weighted by Crippen LogP contribution is -2.14. The van der Waals surface area contributed by atoms with Crippen LogP contribution in [0.4, 0.5) is 5.00 Å². The summed E-state index contributed by atoms with van der Waals surface area (Å²) in [4.78, 5) is 25.5. The maximum Gasteiger partial charge on any atom is 0.341 e. The average molecular weight is 371 g/mol. The minimum absolute atomic E-state index is 0.117. The van der Waals surface area contributed by atoms with Crippen molar-refractivity contribution in [2.45, 2.75) is 12.8 Å². The van der Waals surface area contributed by atoms with Crippen LogP contribution in [-0.2, 0) is 16.0 Å². The zero-order chi connectivity index (χ0) is 17.6. The topological polar surface area (TPSA) is 55.4 Å². The minimum Gasteiger partial charge on any atom is -0.465 e. The highest BCUT2D eigenvalue weighted by atomic mass is 32.1. The first kappa shape index (κ1) is 17.4. The smallest absolute Gasteiger partial charge is 0.341 e. The number of aryl methyl sites for hydroxylation is 1. The molecule has 1 aromatic carbocycles. The molecule has 3 aromatic rings. The van der Waals surface area contributed by atoms with Gasteiger partial charge in [-0.2, -0.15) is 0 Å². The van der Waals surface area contributed by atoms with Gasteiger partial charge in [-0.1, -0.05) is 36.4 Å². The van der Waals surface area contributed by atoms with Crippen molar-refractivity contribution in [3.63, 3.8) is 0 Å². The van der Waals surface area contributed by atoms with Gasteiger partial charge in [0, 0.05) is 22.2 Å². The van der Waals surface area contributed by atoms with Crippen LogP contribution in [0, 0.1) is 0 Å². The molecular formula is C19H17NO3S2. The number of thiophene rings is 2. The highest BCUT2D eigenvalue weighted by molar-refractivity contribution is 7.17. The van der Waals surface area contributed by atoms with Crippen LogP contribution in [0.25, 0.3) is 10.4 Å². The molecule has 1 N–H and O–H groups in total. The summed E-state index contributed by atoms with van der Waals surface area (Å²) in [7, 11) is 1.35. The summed E-state index contributed by atoms with van der Waals surface area (Å²) >= 11 is 2.89. The number of methoxy groups -OCH3 is 1. The van der Waals surface area contributed by atoms with E-state index in [4.69, 9.17) is 4.74 Å². The predicted molar refractivity (Wildman–Crippen MR) is 102 cm³/mol. The number of ether oxygens (including phenoxy) is 1. The summed E-state index contributed by atoms with van der Waals surface area (Å²) in [6.07, 6.45) is 1.01. The molecule has 0 saturated heterocycles. The number of esters is 1. The van der Waals surface area contributed by atoms with Gasteiger partial charge in [-0.05, 0) is 23.4 Å². The molecule has 2 aromatic heterocycles. The molecule has 0 unspecified atom stereocenters. The number of hydrogen-bond acceptors (Lipinski definition) is 5. The van der Waals surface area contributed by atoms with Gasteiger partial charge in [-0.15, -0.1) is 22.7 Å². The van der Waals surface area contributed by atoms with Crippen molar-refractivity contribution in [2.75, 3.05) is 12.4 Å². The molecule has 0 aliphatic rings. The molecule has 0 aliphatic heterocycles. The number of anilines is 1. The molecule has 6 heteroatoms. The second-order valence-electron chi connectivity index (χ2n) is 5.36. The van der Waals surface area contributed by atoms with E-state index in [0.29, 0.717) is 23.4 Å². The summed E-state index contributed by atoms with van der Waals surface area (Å²) in [5, 5.41) is 7.23. The molecule has 0 radical (unpaired) electrons. The summed E-state index contributed by atoms with van der Waals surface area (Å²) < 4.78 is 4.91. The van der Waals surface area contributed by atoms with Crippen molar-refractivity contribution < 1.29 is 14.3 Å². The maximum absolute atomic E-state index is 12.3. The van der Waals surface area contributed by atoms with Crippen molar-refractivity contribution >= 4 is 39.6 Å². The van der Waals surface area contributed by atoms with Gasteiger partial charge in [-0.3, -0.25) is 4.79 Å². The van der Waals surface area contributed by atoms with E-state index >= 15 is 0 Å². The molecule has 0 spiro atoms. The van der Waals surface area contributed by atoms with Gasteiger partial charge in [0.25, 0.3) is 0 Å². The van der Waals surface area contributed by atoms with E-state index in [0.717, 1.165) is 16.0 Å². The molecule has 0 aliphatic carbocycles. The Labute approximate surface area is 154 Å². The quantitative estimate of drug-likeness (QED) is 0.631. The Hall–Kier alpha value is -2.44. The van der Waals surface area contributed by atoms with Crippen molar-refractivity contribution in [1.82, 2.24) is 0 Å². The van der Waals surface area contributed by atoms with Gasteiger partial charge in [-0.25, -0.2) is 4.79 Å². The molecule has 0 saturated carbocycles. The zero-order valence-electron chi connectivity index (χ0n) is 13.7. The van der Waals surface area contributed by atoms with Crippen molar-refractivity contribution in [3.05, 3.63) is 64.4 Å². The van der Waals surface area contributed by atoms with Gasteiger partial charge in [0.1, 0.15) is 10.6 Å². The van der Waals surface area contributed by atoms with E-state index in [-0.39, 0.29) is 5.91 Å². The number of nitrogens with one attached hydrogen (secondary N) is 1. The van der Waals surface area contributed by atoms with Crippen LogP contribution in [0.15, 0.2) is 53.2 Å². The van der Waals surface area contributed by atoms with Crippen molar-refractivity contribution in [2.24, 2.45) is 0 Å². The van der Waals surface area contributed by atoms with E-state index in [1.54, 1.807) is 11.3 Å². The first-order chi connectivity index (χ1) is 12.2. The summed E-state index contributed by atoms with van der Waals surface area (Å²) in [5.41, 5.74) is 2.32. The van der Waals surface area contributed by atoms with Gasteiger partial charge < -0.3 is 10.1 Å². The summed E-state index contributed by atoms with van der Waals surface area (Å²) in [6.45, 7) is 0. The Morgan fingerprint density at radius 2 is 1.88 bits per heavy atom. The van der Waals surface area contributed by atoms with E-state index in [1.807, 2.05) is 53.2 Å². The molecule has 0 bridgehead atoms. The van der Waals surface area contributed by atoms with E-state index in [1.165, 1.54) is 18.4 Å². The lowest BCUT2D eigenvalue weighted by Gasteiger charge is -2.07. The van der Waals surface area contributed by atoms with Crippen LogP contribution < -0.4 is 5.32 Å². The van der Waals surface area contributed by atoms with Crippen LogP contribution in [0.2, 0.25) is 0 Å². The average Bonchev–Trinajstić information content (AvgIpc) is 3.30.